The van der Waals surface area contributed by atoms with Gasteiger partial charge >= 0.3 is 0 Å². The van der Waals surface area contributed by atoms with Crippen molar-refractivity contribution >= 4 is 43.4 Å². The van der Waals surface area contributed by atoms with Crippen LogP contribution in [0.5, 0.6) is 0 Å². The maximum absolute atomic E-state index is 12.8. The molecule has 3 rings (SSSR count). The molecular formula is C15H14Br2N2O2. The molecule has 6 heteroatoms. The summed E-state index contributed by atoms with van der Waals surface area (Å²) in [4.78, 5) is 31.6. The molecule has 110 valence electrons. The molecule has 2 heterocycles. The molecule has 0 bridgehead atoms. The molecule has 0 N–H and O–H groups in total. The first kappa shape index (κ1) is 14.9. The lowest BCUT2D eigenvalue weighted by molar-refractivity contribution is 0.0938. The van der Waals surface area contributed by atoms with Crippen molar-refractivity contribution in [2.45, 2.75) is 26.2 Å². The summed E-state index contributed by atoms with van der Waals surface area (Å²) in [6.45, 7) is 3.51. The van der Waals surface area contributed by atoms with Crippen molar-refractivity contribution in [3.05, 3.63) is 37.7 Å². The van der Waals surface area contributed by atoms with Gasteiger partial charge in [-0.15, -0.1) is 0 Å². The Balaban J connectivity index is 2.11. The summed E-state index contributed by atoms with van der Waals surface area (Å²) in [5.41, 5.74) is 1.98. The average Bonchev–Trinajstić information content (AvgIpc) is 2.48. The highest BCUT2D eigenvalue weighted by Gasteiger charge is 2.36. The van der Waals surface area contributed by atoms with Crippen LogP contribution in [-0.2, 0) is 0 Å². The molecule has 1 aliphatic heterocycles. The number of pyridine rings is 1. The molecule has 1 aromatic heterocycles. The number of piperidine rings is 1. The number of fused-ring (bicyclic) bond motifs is 1. The molecule has 0 atom stereocenters. The van der Waals surface area contributed by atoms with Gasteiger partial charge in [-0.3, -0.25) is 9.59 Å². The molecule has 0 radical (unpaired) electrons. The van der Waals surface area contributed by atoms with Crippen molar-refractivity contribution < 1.29 is 9.59 Å². The number of rotatable bonds is 1. The minimum Gasteiger partial charge on any atom is -0.367 e. The Morgan fingerprint density at radius 2 is 1.76 bits per heavy atom. The molecule has 1 aliphatic carbocycles. The fraction of sp³-hybridized carbons (Fsp3) is 0.400. The van der Waals surface area contributed by atoms with Crippen LogP contribution in [0.3, 0.4) is 0 Å². The quantitative estimate of drug-likeness (QED) is 0.659. The molecule has 0 unspecified atom stereocenters. The number of carbonyl (C=O) groups excluding carboxylic acids is 2. The van der Waals surface area contributed by atoms with Crippen LogP contribution < -0.4 is 0 Å². The smallest absolute Gasteiger partial charge is 0.221 e. The van der Waals surface area contributed by atoms with E-state index >= 15 is 0 Å². The van der Waals surface area contributed by atoms with Crippen molar-refractivity contribution in [1.29, 1.82) is 0 Å². The Bertz CT molecular complexity index is 676. The van der Waals surface area contributed by atoms with E-state index in [2.05, 4.69) is 36.8 Å². The lowest BCUT2D eigenvalue weighted by Gasteiger charge is -2.32. The van der Waals surface area contributed by atoms with E-state index in [9.17, 15) is 9.59 Å². The Kier molecular flexibility index (Phi) is 4.01. The predicted molar refractivity (Wildman–Crippen MR) is 86.7 cm³/mol. The van der Waals surface area contributed by atoms with Crippen molar-refractivity contribution in [3.63, 3.8) is 0 Å². The number of hydrogen-bond acceptors (Lipinski definition) is 4. The van der Waals surface area contributed by atoms with Gasteiger partial charge in [-0.05, 0) is 69.7 Å². The zero-order valence-electron chi connectivity index (χ0n) is 11.6. The molecular weight excluding hydrogens is 400 g/mol. The molecule has 0 amide bonds. The van der Waals surface area contributed by atoms with Gasteiger partial charge < -0.3 is 4.90 Å². The summed E-state index contributed by atoms with van der Waals surface area (Å²) in [5, 5.41) is 0. The molecule has 1 saturated heterocycles. The van der Waals surface area contributed by atoms with Gasteiger partial charge in [0.15, 0.2) is 0 Å². The van der Waals surface area contributed by atoms with Gasteiger partial charge in [-0.2, -0.15) is 0 Å². The average molecular weight is 414 g/mol. The standard InChI is InChI=1S/C15H14Br2N2O2/c1-8-7-9-11(18-15(8)17)14(21)10(16)12(13(9)20)19-5-3-2-4-6-19/h7H,2-6H2,1H3. The maximum Gasteiger partial charge on any atom is 0.221 e. The van der Waals surface area contributed by atoms with Crippen molar-refractivity contribution in [1.82, 2.24) is 9.88 Å². The number of ketones is 2. The SMILES string of the molecule is Cc1cc2c(nc1Br)C(=O)C(Br)=C(N1CCCCC1)C2=O. The van der Waals surface area contributed by atoms with Crippen LogP contribution >= 0.6 is 31.9 Å². The normalized spacial score (nSPS) is 19.1. The van der Waals surface area contributed by atoms with Gasteiger partial charge in [-0.25, -0.2) is 4.98 Å². The van der Waals surface area contributed by atoms with Crippen LogP contribution in [0.25, 0.3) is 0 Å². The number of nitrogens with zero attached hydrogens (tertiary/aromatic N) is 2. The summed E-state index contributed by atoms with van der Waals surface area (Å²) in [5.74, 6) is -0.327. The molecule has 1 fully saturated rings. The van der Waals surface area contributed by atoms with E-state index in [0.29, 0.717) is 20.3 Å². The Morgan fingerprint density at radius 1 is 1.10 bits per heavy atom. The fourth-order valence-electron chi connectivity index (χ4n) is 2.78. The van der Waals surface area contributed by atoms with Gasteiger partial charge in [0.1, 0.15) is 16.0 Å². The number of likely N-dealkylation sites (tertiary alicyclic amines) is 1. The number of aromatic nitrogens is 1. The Labute approximate surface area is 139 Å². The van der Waals surface area contributed by atoms with Gasteiger partial charge in [0.05, 0.1) is 10.0 Å². The van der Waals surface area contributed by atoms with E-state index < -0.39 is 0 Å². The first-order valence-corrected chi connectivity index (χ1v) is 8.50. The van der Waals surface area contributed by atoms with E-state index in [1.54, 1.807) is 6.07 Å². The first-order chi connectivity index (χ1) is 10.0. The van der Waals surface area contributed by atoms with Crippen LogP contribution in [0, 0.1) is 6.92 Å². The Morgan fingerprint density at radius 3 is 2.43 bits per heavy atom. The summed E-state index contributed by atoms with van der Waals surface area (Å²) >= 11 is 6.64. The topological polar surface area (TPSA) is 50.3 Å². The maximum atomic E-state index is 12.8. The van der Waals surface area contributed by atoms with E-state index in [-0.39, 0.29) is 17.3 Å². The summed E-state index contributed by atoms with van der Waals surface area (Å²) in [7, 11) is 0. The monoisotopic (exact) mass is 412 g/mol. The second kappa shape index (κ2) is 5.65. The van der Waals surface area contributed by atoms with E-state index in [1.807, 2.05) is 11.8 Å². The van der Waals surface area contributed by atoms with Crippen LogP contribution in [0.1, 0.15) is 45.7 Å². The number of carbonyl (C=O) groups is 2. The molecule has 1 aromatic rings. The lowest BCUT2D eigenvalue weighted by atomic mass is 9.94. The minimum absolute atomic E-state index is 0.110. The highest BCUT2D eigenvalue weighted by Crippen LogP contribution is 2.33. The van der Waals surface area contributed by atoms with Gasteiger partial charge in [0, 0.05) is 13.1 Å². The van der Waals surface area contributed by atoms with E-state index in [0.717, 1.165) is 31.5 Å². The third-order valence-corrected chi connectivity index (χ3v) is 5.44. The van der Waals surface area contributed by atoms with Crippen LogP contribution in [-0.4, -0.2) is 34.5 Å². The van der Waals surface area contributed by atoms with Crippen LogP contribution in [0.2, 0.25) is 0 Å². The largest absolute Gasteiger partial charge is 0.367 e. The molecule has 4 nitrogen and oxygen atoms in total. The molecule has 0 spiro atoms. The van der Waals surface area contributed by atoms with Gasteiger partial charge in [0.25, 0.3) is 0 Å². The number of hydrogen-bond donors (Lipinski definition) is 0. The molecule has 2 aliphatic rings. The first-order valence-electron chi connectivity index (χ1n) is 6.92. The number of Topliss-reactive ketones (excluding diaryl/α,β-unsaturated/α-hetero) is 2. The molecule has 21 heavy (non-hydrogen) atoms. The van der Waals surface area contributed by atoms with Crippen LogP contribution in [0.15, 0.2) is 20.8 Å². The zero-order valence-corrected chi connectivity index (χ0v) is 14.8. The number of allylic oxidation sites excluding steroid dienone is 2. The Hall–Kier alpha value is -1.01. The predicted octanol–water partition coefficient (Wildman–Crippen LogP) is 3.62. The third-order valence-electron chi connectivity index (χ3n) is 3.91. The summed E-state index contributed by atoms with van der Waals surface area (Å²) in [6.07, 6.45) is 3.28. The second-order valence-corrected chi connectivity index (χ2v) is 6.90. The zero-order chi connectivity index (χ0) is 15.1. The summed E-state index contributed by atoms with van der Waals surface area (Å²) in [6, 6.07) is 1.75. The van der Waals surface area contributed by atoms with Crippen molar-refractivity contribution in [2.24, 2.45) is 0 Å². The molecule has 0 saturated carbocycles. The number of aryl methyl sites for hydroxylation is 1. The molecule has 0 aromatic carbocycles. The van der Waals surface area contributed by atoms with Gasteiger partial charge in [-0.1, -0.05) is 0 Å². The van der Waals surface area contributed by atoms with Gasteiger partial charge in [0.2, 0.25) is 11.6 Å². The fourth-order valence-corrected chi connectivity index (χ4v) is 3.69. The van der Waals surface area contributed by atoms with Crippen molar-refractivity contribution in [2.75, 3.05) is 13.1 Å². The van der Waals surface area contributed by atoms with Crippen LogP contribution in [0.4, 0.5) is 0 Å². The lowest BCUT2D eigenvalue weighted by Crippen LogP contribution is -2.37. The highest BCUT2D eigenvalue weighted by atomic mass is 79.9. The highest BCUT2D eigenvalue weighted by molar-refractivity contribution is 9.12. The number of halogens is 2. The second-order valence-electron chi connectivity index (χ2n) is 5.36. The third kappa shape index (κ3) is 2.48. The van der Waals surface area contributed by atoms with E-state index in [1.165, 1.54) is 6.42 Å². The summed E-state index contributed by atoms with van der Waals surface area (Å²) < 4.78 is 0.939. The van der Waals surface area contributed by atoms with E-state index in [4.69, 9.17) is 0 Å². The van der Waals surface area contributed by atoms with Crippen molar-refractivity contribution in [3.8, 4) is 0 Å². The minimum atomic E-state index is -0.217.